The quantitative estimate of drug-likeness (QED) is 0.384. The third-order valence-electron chi connectivity index (χ3n) is 6.25. The van der Waals surface area contributed by atoms with Gasteiger partial charge in [0.05, 0.1) is 11.6 Å². The minimum atomic E-state index is -0.803. The Morgan fingerprint density at radius 1 is 1.18 bits per heavy atom. The third-order valence-corrected chi connectivity index (χ3v) is 6.25. The highest BCUT2D eigenvalue weighted by molar-refractivity contribution is 5.99. The van der Waals surface area contributed by atoms with Crippen LogP contribution in [0.1, 0.15) is 56.5 Å². The number of nitrogens with one attached hydrogen (secondary N) is 2. The highest BCUT2D eigenvalue weighted by Crippen LogP contribution is 2.26. The molecule has 12 heteroatoms. The predicted octanol–water partition coefficient (Wildman–Crippen LogP) is 3.46. The molecule has 1 aliphatic rings. The number of hydrogen-bond acceptors (Lipinski definition) is 7. The molecule has 1 fully saturated rings. The molecular formula is C28H38F2N6O4. The summed E-state index contributed by atoms with van der Waals surface area (Å²) in [5.74, 6) is -1.99. The molecule has 0 aliphatic carbocycles. The van der Waals surface area contributed by atoms with Crippen LogP contribution in [-0.2, 0) is 16.0 Å². The lowest BCUT2D eigenvalue weighted by molar-refractivity contribution is -0.119. The Morgan fingerprint density at radius 2 is 1.88 bits per heavy atom. The molecule has 0 spiro atoms. The van der Waals surface area contributed by atoms with Gasteiger partial charge < -0.3 is 26.0 Å². The molecule has 10 nitrogen and oxygen atoms in total. The lowest BCUT2D eigenvalue weighted by Crippen LogP contribution is -2.50. The number of anilines is 2. The molecule has 0 radical (unpaired) electrons. The molecule has 40 heavy (non-hydrogen) atoms. The molecule has 3 amide bonds. The number of primary amides is 1. The average molecular weight is 561 g/mol. The van der Waals surface area contributed by atoms with Gasteiger partial charge in [0.1, 0.15) is 23.8 Å². The van der Waals surface area contributed by atoms with Gasteiger partial charge >= 0.3 is 6.09 Å². The summed E-state index contributed by atoms with van der Waals surface area (Å²) < 4.78 is 34.1. The summed E-state index contributed by atoms with van der Waals surface area (Å²) in [5.41, 5.74) is 5.25. The van der Waals surface area contributed by atoms with Crippen molar-refractivity contribution in [2.75, 3.05) is 42.9 Å². The van der Waals surface area contributed by atoms with E-state index < -0.39 is 41.9 Å². The first-order chi connectivity index (χ1) is 18.8. The highest BCUT2D eigenvalue weighted by Gasteiger charge is 2.28. The first-order valence-corrected chi connectivity index (χ1v) is 13.3. The van der Waals surface area contributed by atoms with E-state index in [0.29, 0.717) is 26.1 Å². The molecule has 218 valence electrons. The molecule has 0 saturated carbocycles. The Labute approximate surface area is 233 Å². The monoisotopic (exact) mass is 560 g/mol. The average Bonchev–Trinajstić information content (AvgIpc) is 3.40. The third kappa shape index (κ3) is 8.78. The van der Waals surface area contributed by atoms with Crippen molar-refractivity contribution < 1.29 is 27.9 Å². The van der Waals surface area contributed by atoms with Crippen LogP contribution < -0.4 is 21.3 Å². The normalized spacial score (nSPS) is 14.0. The second kappa shape index (κ2) is 13.4. The molecule has 1 aliphatic heterocycles. The van der Waals surface area contributed by atoms with E-state index in [0.717, 1.165) is 29.4 Å². The molecular weight excluding hydrogens is 522 g/mol. The van der Waals surface area contributed by atoms with Crippen LogP contribution in [0.15, 0.2) is 30.3 Å². The van der Waals surface area contributed by atoms with E-state index >= 15 is 4.39 Å². The second-order valence-electron chi connectivity index (χ2n) is 10.8. The molecule has 1 atom stereocenters. The van der Waals surface area contributed by atoms with Crippen LogP contribution in [0.25, 0.3) is 0 Å². The van der Waals surface area contributed by atoms with E-state index in [1.54, 1.807) is 39.8 Å². The number of pyridine rings is 1. The lowest BCUT2D eigenvalue weighted by atomic mass is 10.1. The van der Waals surface area contributed by atoms with Crippen LogP contribution in [-0.4, -0.2) is 72.2 Å². The summed E-state index contributed by atoms with van der Waals surface area (Å²) in [7, 11) is 0. The molecule has 2 heterocycles. The first-order valence-electron chi connectivity index (χ1n) is 13.3. The SMILES string of the molecule is C[C@H](CNC(=O)c1cc(F)c(N2CCCC2)nc1NCCc1cccc(F)c1)N(CC(N)=O)C(=O)OC(C)(C)C. The Bertz CT molecular complexity index is 1210. The summed E-state index contributed by atoms with van der Waals surface area (Å²) in [4.78, 5) is 44.9. The van der Waals surface area contributed by atoms with Crippen molar-refractivity contribution in [3.05, 3.63) is 53.1 Å². The minimum absolute atomic E-state index is 0.0226. The summed E-state index contributed by atoms with van der Waals surface area (Å²) in [6.07, 6.45) is 1.54. The van der Waals surface area contributed by atoms with Crippen LogP contribution in [0.3, 0.4) is 0 Å². The topological polar surface area (TPSA) is 130 Å². The zero-order chi connectivity index (χ0) is 29.4. The standard InChI is InChI=1S/C28H38F2N6O4/c1-18(36(17-23(31)37)27(39)40-28(2,3)4)16-33-26(38)21-15-22(30)25(35-12-5-6-13-35)34-24(21)32-11-10-19-8-7-9-20(29)14-19/h7-9,14-15,18H,5-6,10-13,16-17H2,1-4H3,(H2,31,37)(H,32,34)(H,33,38)/t18-/m1/s1. The maximum Gasteiger partial charge on any atom is 0.411 e. The fourth-order valence-corrected chi connectivity index (χ4v) is 4.29. The van der Waals surface area contributed by atoms with Crippen molar-refractivity contribution in [2.45, 2.75) is 58.6 Å². The van der Waals surface area contributed by atoms with Gasteiger partial charge in [0, 0.05) is 26.2 Å². The number of carbonyl (C=O) groups excluding carboxylic acids is 3. The number of aromatic nitrogens is 1. The predicted molar refractivity (Wildman–Crippen MR) is 148 cm³/mol. The van der Waals surface area contributed by atoms with Gasteiger partial charge in [-0.05, 0) is 70.7 Å². The number of ether oxygens (including phenoxy) is 1. The number of halogens is 2. The summed E-state index contributed by atoms with van der Waals surface area (Å²) in [5, 5.41) is 5.79. The zero-order valence-electron chi connectivity index (χ0n) is 23.4. The van der Waals surface area contributed by atoms with Gasteiger partial charge in [-0.3, -0.25) is 14.5 Å². The molecule has 0 bridgehead atoms. The van der Waals surface area contributed by atoms with E-state index in [-0.39, 0.29) is 29.6 Å². The molecule has 2 aromatic rings. The maximum absolute atomic E-state index is 15.1. The van der Waals surface area contributed by atoms with E-state index in [1.165, 1.54) is 12.1 Å². The summed E-state index contributed by atoms with van der Waals surface area (Å²) >= 11 is 0. The Kier molecular flexibility index (Phi) is 10.2. The molecule has 4 N–H and O–H groups in total. The summed E-state index contributed by atoms with van der Waals surface area (Å²) in [6.45, 7) is 7.88. The molecule has 3 rings (SSSR count). The number of nitrogens with two attached hydrogens (primary N) is 1. The van der Waals surface area contributed by atoms with Crippen LogP contribution in [0, 0.1) is 11.6 Å². The molecule has 0 unspecified atom stereocenters. The maximum atomic E-state index is 15.1. The Morgan fingerprint density at radius 3 is 2.50 bits per heavy atom. The number of rotatable bonds is 11. The van der Waals surface area contributed by atoms with Gasteiger partial charge in [-0.1, -0.05) is 12.1 Å². The highest BCUT2D eigenvalue weighted by atomic mass is 19.1. The Hall–Kier alpha value is -3.96. The first kappa shape index (κ1) is 30.6. The second-order valence-corrected chi connectivity index (χ2v) is 10.8. The molecule has 1 aromatic carbocycles. The minimum Gasteiger partial charge on any atom is -0.444 e. The van der Waals surface area contributed by atoms with Gasteiger partial charge in [-0.2, -0.15) is 0 Å². The van der Waals surface area contributed by atoms with Crippen LogP contribution in [0.2, 0.25) is 0 Å². The van der Waals surface area contributed by atoms with Gasteiger partial charge in [0.15, 0.2) is 11.6 Å². The fourth-order valence-electron chi connectivity index (χ4n) is 4.29. The smallest absolute Gasteiger partial charge is 0.411 e. The number of hydrogen-bond donors (Lipinski definition) is 3. The van der Waals surface area contributed by atoms with Crippen LogP contribution in [0.4, 0.5) is 25.2 Å². The zero-order valence-corrected chi connectivity index (χ0v) is 23.4. The van der Waals surface area contributed by atoms with Crippen molar-refractivity contribution in [3.8, 4) is 0 Å². The van der Waals surface area contributed by atoms with E-state index in [2.05, 4.69) is 15.6 Å². The van der Waals surface area contributed by atoms with Gasteiger partial charge in [-0.15, -0.1) is 0 Å². The number of benzene rings is 1. The van der Waals surface area contributed by atoms with E-state index in [9.17, 15) is 18.8 Å². The molecule has 1 saturated heterocycles. The van der Waals surface area contributed by atoms with Crippen molar-refractivity contribution in [2.24, 2.45) is 5.73 Å². The van der Waals surface area contributed by atoms with Crippen molar-refractivity contribution in [1.29, 1.82) is 0 Å². The fraction of sp³-hybridized carbons (Fsp3) is 0.500. The molecule has 1 aromatic heterocycles. The summed E-state index contributed by atoms with van der Waals surface area (Å²) in [6, 6.07) is 6.66. The van der Waals surface area contributed by atoms with Crippen LogP contribution >= 0.6 is 0 Å². The number of nitrogens with zero attached hydrogens (tertiary/aromatic N) is 3. The number of amides is 3. The lowest BCUT2D eigenvalue weighted by Gasteiger charge is -2.31. The van der Waals surface area contributed by atoms with Crippen LogP contribution in [0.5, 0.6) is 0 Å². The van der Waals surface area contributed by atoms with Crippen molar-refractivity contribution in [1.82, 2.24) is 15.2 Å². The largest absolute Gasteiger partial charge is 0.444 e. The van der Waals surface area contributed by atoms with Crippen molar-refractivity contribution in [3.63, 3.8) is 0 Å². The van der Waals surface area contributed by atoms with Gasteiger partial charge in [0.2, 0.25) is 5.91 Å². The van der Waals surface area contributed by atoms with E-state index in [1.807, 2.05) is 4.90 Å². The van der Waals surface area contributed by atoms with Crippen molar-refractivity contribution >= 4 is 29.5 Å². The van der Waals surface area contributed by atoms with E-state index in [4.69, 9.17) is 10.5 Å². The Balaban J connectivity index is 1.77. The van der Waals surface area contributed by atoms with Gasteiger partial charge in [-0.25, -0.2) is 18.6 Å². The number of carbonyl (C=O) groups is 3. The van der Waals surface area contributed by atoms with Gasteiger partial charge in [0.25, 0.3) is 5.91 Å².